The molecule has 0 saturated carbocycles. The molecule has 1 heterocycles. The van der Waals surface area contributed by atoms with Gasteiger partial charge in [-0.25, -0.2) is 0 Å². The van der Waals surface area contributed by atoms with Gasteiger partial charge in [0, 0.05) is 35.3 Å². The maximum atomic E-state index is 12.6. The molecule has 1 aliphatic heterocycles. The van der Waals surface area contributed by atoms with Gasteiger partial charge in [0.05, 0.1) is 0 Å². The van der Waals surface area contributed by atoms with Gasteiger partial charge in [-0.15, -0.1) is 24.2 Å². The third-order valence-electron chi connectivity index (χ3n) is 4.41. The average Bonchev–Trinajstić information content (AvgIpc) is 3.00. The Morgan fingerprint density at radius 3 is 2.72 bits per heavy atom. The highest BCUT2D eigenvalue weighted by Gasteiger charge is 2.24. The van der Waals surface area contributed by atoms with Crippen molar-refractivity contribution in [1.82, 2.24) is 4.90 Å². The Kier molecular flexibility index (Phi) is 6.94. The first kappa shape index (κ1) is 19.8. The maximum Gasteiger partial charge on any atom is 0.253 e. The van der Waals surface area contributed by atoms with Crippen LogP contribution >= 0.6 is 24.2 Å². The number of aryl methyl sites for hydroxylation is 2. The molecule has 5 heteroatoms. The number of likely N-dealkylation sites (tertiary alicyclic amines) is 1. The van der Waals surface area contributed by atoms with E-state index in [0.717, 1.165) is 24.3 Å². The summed E-state index contributed by atoms with van der Waals surface area (Å²) in [6, 6.07) is 14.6. The molecule has 2 N–H and O–H groups in total. The van der Waals surface area contributed by atoms with Gasteiger partial charge in [0.25, 0.3) is 5.91 Å². The number of rotatable bonds is 4. The molecule has 1 saturated heterocycles. The number of nitrogens with zero attached hydrogens (tertiary/aromatic N) is 1. The van der Waals surface area contributed by atoms with E-state index in [4.69, 9.17) is 5.73 Å². The van der Waals surface area contributed by atoms with Gasteiger partial charge in [-0.3, -0.25) is 4.79 Å². The molecule has 3 nitrogen and oxygen atoms in total. The zero-order valence-electron chi connectivity index (χ0n) is 14.7. The molecular formula is C20H25ClN2OS. The molecule has 0 bridgehead atoms. The van der Waals surface area contributed by atoms with Gasteiger partial charge in [-0.05, 0) is 49.6 Å². The Labute approximate surface area is 160 Å². The molecule has 1 aliphatic rings. The first-order chi connectivity index (χ1) is 11.5. The van der Waals surface area contributed by atoms with E-state index >= 15 is 0 Å². The van der Waals surface area contributed by atoms with Gasteiger partial charge in [-0.2, -0.15) is 0 Å². The summed E-state index contributed by atoms with van der Waals surface area (Å²) in [6.45, 7) is 5.69. The second-order valence-electron chi connectivity index (χ2n) is 6.56. The predicted molar refractivity (Wildman–Crippen MR) is 108 cm³/mol. The highest BCUT2D eigenvalue weighted by Crippen LogP contribution is 2.27. The SMILES string of the molecule is Cc1ccc(SCc2cccc(C(=O)N3CC[C@@H](N)C3)c2)c(C)c1.Cl. The highest BCUT2D eigenvalue weighted by molar-refractivity contribution is 7.98. The molecule has 0 unspecified atom stereocenters. The number of amides is 1. The molecule has 25 heavy (non-hydrogen) atoms. The third-order valence-corrected chi connectivity index (χ3v) is 5.66. The van der Waals surface area contributed by atoms with Gasteiger partial charge >= 0.3 is 0 Å². The summed E-state index contributed by atoms with van der Waals surface area (Å²) >= 11 is 1.82. The Hall–Kier alpha value is -1.49. The monoisotopic (exact) mass is 376 g/mol. The number of carbonyl (C=O) groups excluding carboxylic acids is 1. The fourth-order valence-corrected chi connectivity index (χ4v) is 4.02. The minimum absolute atomic E-state index is 0. The van der Waals surface area contributed by atoms with Gasteiger partial charge in [0.15, 0.2) is 0 Å². The molecule has 0 radical (unpaired) electrons. The van der Waals surface area contributed by atoms with Crippen LogP contribution in [0.25, 0.3) is 0 Å². The summed E-state index contributed by atoms with van der Waals surface area (Å²) in [5.41, 5.74) is 10.4. The zero-order chi connectivity index (χ0) is 17.1. The van der Waals surface area contributed by atoms with E-state index in [1.54, 1.807) is 0 Å². The van der Waals surface area contributed by atoms with Gasteiger partial charge in [0.1, 0.15) is 0 Å². The van der Waals surface area contributed by atoms with Crippen molar-refractivity contribution in [2.45, 2.75) is 37.0 Å². The largest absolute Gasteiger partial charge is 0.337 e. The number of carbonyl (C=O) groups is 1. The van der Waals surface area contributed by atoms with Crippen molar-refractivity contribution in [2.24, 2.45) is 5.73 Å². The first-order valence-corrected chi connectivity index (χ1v) is 9.35. The van der Waals surface area contributed by atoms with Crippen LogP contribution < -0.4 is 5.73 Å². The summed E-state index contributed by atoms with van der Waals surface area (Å²) in [5.74, 6) is 0.964. The lowest BCUT2D eigenvalue weighted by molar-refractivity contribution is 0.0791. The summed E-state index contributed by atoms with van der Waals surface area (Å²) in [6.07, 6.45) is 0.897. The van der Waals surface area contributed by atoms with E-state index in [-0.39, 0.29) is 24.4 Å². The standard InChI is InChI=1S/C20H24N2OS.ClH/c1-14-6-7-19(15(2)10-14)24-13-16-4-3-5-17(11-16)20(23)22-9-8-18(21)12-22;/h3-7,10-11,18H,8-9,12-13,21H2,1-2H3;1H/t18-;/m1./s1. The average molecular weight is 377 g/mol. The normalized spacial score (nSPS) is 16.6. The van der Waals surface area contributed by atoms with Gasteiger partial charge in [-0.1, -0.05) is 29.8 Å². The second kappa shape index (κ2) is 8.75. The summed E-state index contributed by atoms with van der Waals surface area (Å²) < 4.78 is 0. The topological polar surface area (TPSA) is 46.3 Å². The van der Waals surface area contributed by atoms with E-state index in [1.807, 2.05) is 34.9 Å². The van der Waals surface area contributed by atoms with Crippen molar-refractivity contribution in [2.75, 3.05) is 13.1 Å². The second-order valence-corrected chi connectivity index (χ2v) is 7.58. The highest BCUT2D eigenvalue weighted by atomic mass is 35.5. The molecule has 134 valence electrons. The fraction of sp³-hybridized carbons (Fsp3) is 0.350. The minimum atomic E-state index is 0. The van der Waals surface area contributed by atoms with Crippen molar-refractivity contribution in [3.63, 3.8) is 0 Å². The Morgan fingerprint density at radius 1 is 1.24 bits per heavy atom. The van der Waals surface area contributed by atoms with Gasteiger partial charge < -0.3 is 10.6 Å². The lowest BCUT2D eigenvalue weighted by Crippen LogP contribution is -2.31. The summed E-state index contributed by atoms with van der Waals surface area (Å²) in [5, 5.41) is 0. The lowest BCUT2D eigenvalue weighted by atomic mass is 10.1. The lowest BCUT2D eigenvalue weighted by Gasteiger charge is -2.16. The van der Waals surface area contributed by atoms with Crippen LogP contribution in [0.1, 0.15) is 33.5 Å². The van der Waals surface area contributed by atoms with Crippen LogP contribution in [0.15, 0.2) is 47.4 Å². The molecule has 1 atom stereocenters. The number of nitrogens with two attached hydrogens (primary N) is 1. The molecule has 2 aromatic rings. The Bertz CT molecular complexity index is 750. The predicted octanol–water partition coefficient (Wildman–Crippen LogP) is 4.19. The van der Waals surface area contributed by atoms with Crippen LogP contribution in [-0.2, 0) is 5.75 Å². The fourth-order valence-electron chi connectivity index (χ4n) is 3.07. The van der Waals surface area contributed by atoms with Crippen LogP contribution in [0.4, 0.5) is 0 Å². The smallest absolute Gasteiger partial charge is 0.253 e. The van der Waals surface area contributed by atoms with E-state index in [9.17, 15) is 4.79 Å². The van der Waals surface area contributed by atoms with Crippen molar-refractivity contribution >= 4 is 30.1 Å². The van der Waals surface area contributed by atoms with Crippen LogP contribution in [0, 0.1) is 13.8 Å². The maximum absolute atomic E-state index is 12.6. The molecule has 0 aliphatic carbocycles. The van der Waals surface area contributed by atoms with E-state index in [2.05, 4.69) is 38.1 Å². The van der Waals surface area contributed by atoms with E-state index in [0.29, 0.717) is 6.54 Å². The van der Waals surface area contributed by atoms with Crippen LogP contribution in [0.5, 0.6) is 0 Å². The molecule has 2 aromatic carbocycles. The van der Waals surface area contributed by atoms with Crippen LogP contribution in [0.2, 0.25) is 0 Å². The summed E-state index contributed by atoms with van der Waals surface area (Å²) in [7, 11) is 0. The number of benzene rings is 2. The quantitative estimate of drug-likeness (QED) is 0.814. The molecule has 1 amide bonds. The molecule has 0 spiro atoms. The summed E-state index contributed by atoms with van der Waals surface area (Å²) in [4.78, 5) is 15.7. The third kappa shape index (κ3) is 5.00. The first-order valence-electron chi connectivity index (χ1n) is 8.37. The van der Waals surface area contributed by atoms with Crippen molar-refractivity contribution in [3.8, 4) is 0 Å². The van der Waals surface area contributed by atoms with Gasteiger partial charge in [0.2, 0.25) is 0 Å². The number of thioether (sulfide) groups is 1. The number of hydrogen-bond acceptors (Lipinski definition) is 3. The van der Waals surface area contributed by atoms with Crippen molar-refractivity contribution < 1.29 is 4.79 Å². The Morgan fingerprint density at radius 2 is 2.04 bits per heavy atom. The molecule has 3 rings (SSSR count). The molecular weight excluding hydrogens is 352 g/mol. The van der Waals surface area contributed by atoms with E-state index in [1.165, 1.54) is 21.6 Å². The molecule has 1 fully saturated rings. The van der Waals surface area contributed by atoms with E-state index < -0.39 is 0 Å². The van der Waals surface area contributed by atoms with Crippen molar-refractivity contribution in [1.29, 1.82) is 0 Å². The van der Waals surface area contributed by atoms with Crippen LogP contribution in [0.3, 0.4) is 0 Å². The minimum Gasteiger partial charge on any atom is -0.337 e. The Balaban J connectivity index is 0.00000225. The molecule has 0 aromatic heterocycles. The van der Waals surface area contributed by atoms with Crippen LogP contribution in [-0.4, -0.2) is 29.9 Å². The zero-order valence-corrected chi connectivity index (χ0v) is 16.3. The van der Waals surface area contributed by atoms with Crippen molar-refractivity contribution in [3.05, 3.63) is 64.7 Å². The number of halogens is 1. The number of hydrogen-bond donors (Lipinski definition) is 1.